The minimum atomic E-state index is -0.302. The fourth-order valence-electron chi connectivity index (χ4n) is 2.44. The van der Waals surface area contributed by atoms with Gasteiger partial charge in [-0.15, -0.1) is 0 Å². The molecule has 0 saturated carbocycles. The number of anilines is 2. The van der Waals surface area contributed by atoms with Crippen LogP contribution in [-0.2, 0) is 9.59 Å². The van der Waals surface area contributed by atoms with Gasteiger partial charge in [-0.3, -0.25) is 9.59 Å². The summed E-state index contributed by atoms with van der Waals surface area (Å²) in [4.78, 5) is 25.7. The van der Waals surface area contributed by atoms with Gasteiger partial charge in [0.15, 0.2) is 11.5 Å². The third-order valence-electron chi connectivity index (χ3n) is 3.66. The van der Waals surface area contributed by atoms with Crippen molar-refractivity contribution in [2.75, 3.05) is 31.0 Å². The van der Waals surface area contributed by atoms with Crippen LogP contribution in [0.25, 0.3) is 0 Å². The lowest BCUT2D eigenvalue weighted by molar-refractivity contribution is -0.120. The summed E-state index contributed by atoms with van der Waals surface area (Å²) >= 11 is 0. The van der Waals surface area contributed by atoms with E-state index in [2.05, 4.69) is 5.32 Å². The summed E-state index contributed by atoms with van der Waals surface area (Å²) in [5.41, 5.74) is 2.27. The Labute approximate surface area is 147 Å². The smallest absolute Gasteiger partial charge is 0.244 e. The molecule has 2 rings (SSSR count). The van der Waals surface area contributed by atoms with E-state index in [0.29, 0.717) is 22.9 Å². The average molecular weight is 342 g/mol. The Kier molecular flexibility index (Phi) is 6.00. The molecule has 0 unspecified atom stereocenters. The second-order valence-corrected chi connectivity index (χ2v) is 5.56. The first-order valence-electron chi connectivity index (χ1n) is 7.81. The van der Waals surface area contributed by atoms with Gasteiger partial charge in [-0.2, -0.15) is 0 Å². The summed E-state index contributed by atoms with van der Waals surface area (Å²) in [6, 6.07) is 12.5. The van der Waals surface area contributed by atoms with Gasteiger partial charge in [-0.25, -0.2) is 0 Å². The molecule has 0 atom stereocenters. The Morgan fingerprint density at radius 2 is 1.76 bits per heavy atom. The number of nitrogens with zero attached hydrogens (tertiary/aromatic N) is 1. The summed E-state index contributed by atoms with van der Waals surface area (Å²) in [5, 5.41) is 2.77. The Balaban J connectivity index is 2.13. The largest absolute Gasteiger partial charge is 0.493 e. The van der Waals surface area contributed by atoms with Crippen LogP contribution in [-0.4, -0.2) is 32.6 Å². The van der Waals surface area contributed by atoms with Crippen molar-refractivity contribution < 1.29 is 19.1 Å². The van der Waals surface area contributed by atoms with E-state index in [0.717, 1.165) is 5.56 Å². The number of ether oxygens (including phenoxy) is 2. The van der Waals surface area contributed by atoms with E-state index in [-0.39, 0.29) is 18.4 Å². The van der Waals surface area contributed by atoms with E-state index in [1.165, 1.54) is 18.9 Å². The maximum absolute atomic E-state index is 12.4. The number of hydrogen-bond donors (Lipinski definition) is 1. The molecule has 0 heterocycles. The molecule has 0 fully saturated rings. The number of amides is 2. The normalized spacial score (nSPS) is 10.1. The number of rotatable bonds is 6. The second kappa shape index (κ2) is 8.19. The molecular weight excluding hydrogens is 320 g/mol. The van der Waals surface area contributed by atoms with Gasteiger partial charge in [-0.1, -0.05) is 12.1 Å². The third-order valence-corrected chi connectivity index (χ3v) is 3.66. The first kappa shape index (κ1) is 18.3. The van der Waals surface area contributed by atoms with E-state index < -0.39 is 0 Å². The van der Waals surface area contributed by atoms with E-state index in [4.69, 9.17) is 9.47 Å². The van der Waals surface area contributed by atoms with Crippen molar-refractivity contribution in [1.29, 1.82) is 0 Å². The summed E-state index contributed by atoms with van der Waals surface area (Å²) in [6.07, 6.45) is 0. The number of nitrogens with one attached hydrogen (secondary N) is 1. The molecule has 1 N–H and O–H groups in total. The molecule has 0 bridgehead atoms. The number of benzene rings is 2. The Hall–Kier alpha value is -3.02. The second-order valence-electron chi connectivity index (χ2n) is 5.56. The maximum atomic E-state index is 12.4. The Morgan fingerprint density at radius 1 is 1.04 bits per heavy atom. The number of aryl methyl sites for hydroxylation is 1. The van der Waals surface area contributed by atoms with Crippen LogP contribution in [0.5, 0.6) is 11.5 Å². The minimum Gasteiger partial charge on any atom is -0.493 e. The molecule has 0 aliphatic carbocycles. The van der Waals surface area contributed by atoms with Crippen molar-refractivity contribution in [3.8, 4) is 11.5 Å². The van der Waals surface area contributed by atoms with Crippen molar-refractivity contribution in [3.05, 3.63) is 48.0 Å². The van der Waals surface area contributed by atoms with E-state index in [1.807, 2.05) is 25.1 Å². The molecule has 2 amide bonds. The zero-order chi connectivity index (χ0) is 18.4. The van der Waals surface area contributed by atoms with Crippen molar-refractivity contribution in [1.82, 2.24) is 0 Å². The summed E-state index contributed by atoms with van der Waals surface area (Å²) in [7, 11) is 3.07. The summed E-state index contributed by atoms with van der Waals surface area (Å²) in [6.45, 7) is 3.30. The van der Waals surface area contributed by atoms with Crippen LogP contribution in [0.4, 0.5) is 11.4 Å². The summed E-state index contributed by atoms with van der Waals surface area (Å²) < 4.78 is 10.4. The van der Waals surface area contributed by atoms with Gasteiger partial charge in [0.25, 0.3) is 0 Å². The average Bonchev–Trinajstić information content (AvgIpc) is 2.59. The van der Waals surface area contributed by atoms with Crippen LogP contribution in [0.1, 0.15) is 12.5 Å². The molecule has 0 spiro atoms. The van der Waals surface area contributed by atoms with Crippen LogP contribution in [0, 0.1) is 6.92 Å². The quantitative estimate of drug-likeness (QED) is 0.876. The SMILES string of the molecule is COc1ccc(NC(=O)CN(C(C)=O)c2cccc(C)c2)cc1OC. The molecule has 0 radical (unpaired) electrons. The number of hydrogen-bond acceptors (Lipinski definition) is 4. The molecule has 132 valence electrons. The molecule has 0 aromatic heterocycles. The van der Waals surface area contributed by atoms with Gasteiger partial charge < -0.3 is 19.7 Å². The van der Waals surface area contributed by atoms with E-state index >= 15 is 0 Å². The summed E-state index contributed by atoms with van der Waals surface area (Å²) in [5.74, 6) is 0.588. The molecule has 6 heteroatoms. The van der Waals surface area contributed by atoms with Crippen molar-refractivity contribution in [3.63, 3.8) is 0 Å². The van der Waals surface area contributed by atoms with E-state index in [9.17, 15) is 9.59 Å². The Bertz CT molecular complexity index is 774. The van der Waals surface area contributed by atoms with Gasteiger partial charge in [0.1, 0.15) is 6.54 Å². The van der Waals surface area contributed by atoms with Crippen LogP contribution in [0.3, 0.4) is 0 Å². The lowest BCUT2D eigenvalue weighted by Crippen LogP contribution is -2.36. The standard InChI is InChI=1S/C19H22N2O4/c1-13-6-5-7-16(10-13)21(14(2)22)12-19(23)20-15-8-9-17(24-3)18(11-15)25-4/h5-11H,12H2,1-4H3,(H,20,23). The lowest BCUT2D eigenvalue weighted by Gasteiger charge is -2.21. The predicted molar refractivity (Wildman–Crippen MR) is 97.4 cm³/mol. The molecule has 6 nitrogen and oxygen atoms in total. The van der Waals surface area contributed by atoms with E-state index in [1.54, 1.807) is 31.4 Å². The highest BCUT2D eigenvalue weighted by Gasteiger charge is 2.16. The predicted octanol–water partition coefficient (Wildman–Crippen LogP) is 3.00. The molecule has 2 aromatic rings. The van der Waals surface area contributed by atoms with Crippen LogP contribution in [0.15, 0.2) is 42.5 Å². The molecule has 25 heavy (non-hydrogen) atoms. The molecule has 2 aromatic carbocycles. The van der Waals surface area contributed by atoms with Gasteiger partial charge in [0.05, 0.1) is 14.2 Å². The number of carbonyl (C=O) groups excluding carboxylic acids is 2. The van der Waals surface area contributed by atoms with Crippen LogP contribution in [0.2, 0.25) is 0 Å². The fourth-order valence-corrected chi connectivity index (χ4v) is 2.44. The first-order valence-corrected chi connectivity index (χ1v) is 7.81. The highest BCUT2D eigenvalue weighted by Crippen LogP contribution is 2.29. The van der Waals surface area contributed by atoms with Crippen molar-refractivity contribution in [2.45, 2.75) is 13.8 Å². The minimum absolute atomic E-state index is 0.0763. The molecule has 0 aliphatic rings. The fraction of sp³-hybridized carbons (Fsp3) is 0.263. The zero-order valence-corrected chi connectivity index (χ0v) is 14.8. The first-order chi connectivity index (χ1) is 11.9. The van der Waals surface area contributed by atoms with Gasteiger partial charge in [-0.05, 0) is 36.8 Å². The third kappa shape index (κ3) is 4.73. The van der Waals surface area contributed by atoms with Gasteiger partial charge in [0, 0.05) is 24.4 Å². The topological polar surface area (TPSA) is 67.9 Å². The molecular formula is C19H22N2O4. The number of methoxy groups -OCH3 is 2. The van der Waals surface area contributed by atoms with Crippen molar-refractivity contribution in [2.24, 2.45) is 0 Å². The van der Waals surface area contributed by atoms with Crippen molar-refractivity contribution >= 4 is 23.2 Å². The number of carbonyl (C=O) groups is 2. The lowest BCUT2D eigenvalue weighted by atomic mass is 10.2. The molecule has 0 aliphatic heterocycles. The van der Waals surface area contributed by atoms with Gasteiger partial charge in [0.2, 0.25) is 11.8 Å². The zero-order valence-electron chi connectivity index (χ0n) is 14.8. The monoisotopic (exact) mass is 342 g/mol. The highest BCUT2D eigenvalue weighted by molar-refractivity contribution is 6.01. The van der Waals surface area contributed by atoms with Crippen LogP contribution < -0.4 is 19.7 Å². The molecule has 0 saturated heterocycles. The highest BCUT2D eigenvalue weighted by atomic mass is 16.5. The maximum Gasteiger partial charge on any atom is 0.244 e. The Morgan fingerprint density at radius 3 is 2.36 bits per heavy atom. The van der Waals surface area contributed by atoms with Crippen LogP contribution >= 0.6 is 0 Å². The van der Waals surface area contributed by atoms with Gasteiger partial charge >= 0.3 is 0 Å².